The van der Waals surface area contributed by atoms with Gasteiger partial charge in [0.15, 0.2) is 0 Å². The van der Waals surface area contributed by atoms with E-state index in [-0.39, 0.29) is 23.2 Å². The van der Waals surface area contributed by atoms with Crippen LogP contribution in [0.3, 0.4) is 0 Å². The molecule has 0 aromatic heterocycles. The summed E-state index contributed by atoms with van der Waals surface area (Å²) in [6, 6.07) is 3.85. The number of likely N-dealkylation sites (tertiary alicyclic amines) is 2. The Morgan fingerprint density at radius 1 is 0.853 bits per heavy atom. The minimum absolute atomic E-state index is 0.0836. The van der Waals surface area contributed by atoms with Crippen LogP contribution >= 0.6 is 0 Å². The lowest BCUT2D eigenvalue weighted by molar-refractivity contribution is 0.0818. The van der Waals surface area contributed by atoms with Crippen molar-refractivity contribution in [3.05, 3.63) is 23.3 Å². The highest BCUT2D eigenvalue weighted by molar-refractivity contribution is 6.11. The Morgan fingerprint density at radius 3 is 1.76 bits per heavy atom. The highest BCUT2D eigenvalue weighted by atomic mass is 16.1. The predicted octanol–water partition coefficient (Wildman–Crippen LogP) is 2.50. The van der Waals surface area contributed by atoms with E-state index in [0.717, 1.165) is 44.5 Å². The summed E-state index contributed by atoms with van der Waals surface area (Å²) in [4.78, 5) is 34.5. The number of piperidine rings is 2. The zero-order chi connectivity index (χ0) is 25.6. The van der Waals surface area contributed by atoms with Gasteiger partial charge in [0.25, 0.3) is 11.8 Å². The zero-order valence-corrected chi connectivity index (χ0v) is 22.3. The van der Waals surface area contributed by atoms with Gasteiger partial charge in [-0.2, -0.15) is 0 Å². The molecule has 0 aliphatic carbocycles. The van der Waals surface area contributed by atoms with Crippen molar-refractivity contribution in [3.8, 4) is 0 Å². The van der Waals surface area contributed by atoms with E-state index in [1.165, 1.54) is 0 Å². The number of amides is 2. The summed E-state index contributed by atoms with van der Waals surface area (Å²) < 4.78 is 0. The first-order valence-electron chi connectivity index (χ1n) is 12.4. The quantitative estimate of drug-likeness (QED) is 0.660. The zero-order valence-electron chi connectivity index (χ0n) is 22.3. The monoisotopic (exact) mass is 472 g/mol. The first-order chi connectivity index (χ1) is 15.7. The van der Waals surface area contributed by atoms with Crippen molar-refractivity contribution in [3.63, 3.8) is 0 Å². The molecule has 2 fully saturated rings. The Kier molecular flexibility index (Phi) is 7.25. The molecule has 0 bridgehead atoms. The fraction of sp³-hybridized carbons (Fsp3) is 0.692. The maximum absolute atomic E-state index is 13.0. The van der Waals surface area contributed by atoms with Gasteiger partial charge in [-0.15, -0.1) is 0 Å². The number of primary amides is 2. The highest BCUT2D eigenvalue weighted by Gasteiger charge is 2.43. The molecule has 1 aromatic carbocycles. The average molecular weight is 473 g/mol. The van der Waals surface area contributed by atoms with Crippen LogP contribution in [0.4, 0.5) is 11.4 Å². The number of benzene rings is 1. The van der Waals surface area contributed by atoms with Crippen LogP contribution in [0.5, 0.6) is 0 Å². The van der Waals surface area contributed by atoms with E-state index in [9.17, 15) is 9.59 Å². The number of carbonyl (C=O) groups excluding carboxylic acids is 2. The van der Waals surface area contributed by atoms with E-state index in [0.29, 0.717) is 16.8 Å². The van der Waals surface area contributed by atoms with Crippen molar-refractivity contribution in [2.75, 3.05) is 51.1 Å². The number of hydrogen-bond acceptors (Lipinski definition) is 6. The van der Waals surface area contributed by atoms with Gasteiger partial charge in [-0.3, -0.25) is 19.4 Å². The lowest BCUT2D eigenvalue weighted by Crippen LogP contribution is -2.61. The summed E-state index contributed by atoms with van der Waals surface area (Å²) in [6.07, 6.45) is 4.07. The molecular formula is C26H44N6O2. The van der Waals surface area contributed by atoms with Crippen LogP contribution in [0, 0.1) is 0 Å². The summed E-state index contributed by atoms with van der Waals surface area (Å²) in [6.45, 7) is 10.9. The van der Waals surface area contributed by atoms with Crippen LogP contribution in [0.15, 0.2) is 12.1 Å². The third-order valence-corrected chi connectivity index (χ3v) is 8.88. The molecule has 2 amide bonds. The molecule has 2 aliphatic rings. The third kappa shape index (κ3) is 4.38. The number of likely N-dealkylation sites (N-methyl/N-ethyl adjacent to an activating group) is 4. The van der Waals surface area contributed by atoms with Gasteiger partial charge < -0.3 is 21.3 Å². The topological polar surface area (TPSA) is 99.1 Å². The molecule has 34 heavy (non-hydrogen) atoms. The lowest BCUT2D eigenvalue weighted by atomic mass is 9.83. The molecular weight excluding hydrogens is 428 g/mol. The smallest absolute Gasteiger partial charge is 0.252 e. The molecule has 0 spiro atoms. The van der Waals surface area contributed by atoms with Gasteiger partial charge in [-0.05, 0) is 92.7 Å². The Bertz CT molecular complexity index is 943. The van der Waals surface area contributed by atoms with Crippen molar-refractivity contribution < 1.29 is 9.59 Å². The summed E-state index contributed by atoms with van der Waals surface area (Å²) in [5.74, 6) is -1.10. The number of nitrogens with two attached hydrogens (primary N) is 2. The van der Waals surface area contributed by atoms with Crippen LogP contribution in [0.25, 0.3) is 0 Å². The average Bonchev–Trinajstić information content (AvgIpc) is 2.75. The van der Waals surface area contributed by atoms with Crippen molar-refractivity contribution >= 4 is 23.2 Å². The van der Waals surface area contributed by atoms with Crippen LogP contribution in [-0.4, -0.2) is 86.1 Å². The third-order valence-electron chi connectivity index (χ3n) is 8.88. The second kappa shape index (κ2) is 9.38. The molecule has 0 saturated carbocycles. The second-order valence-electron chi connectivity index (χ2n) is 11.3. The van der Waals surface area contributed by atoms with Gasteiger partial charge in [0.1, 0.15) is 0 Å². The molecule has 3 rings (SSSR count). The van der Waals surface area contributed by atoms with Crippen molar-refractivity contribution in [2.45, 2.75) is 76.5 Å². The van der Waals surface area contributed by atoms with E-state index in [1.807, 2.05) is 20.2 Å². The standard InChI is InChI=1S/C26H44N6O2/c1-25(2)19(11-9-15-29(25)5)31(7)18-14-13-17(23(27)33)22(21(18)24(28)34)32(8)20-12-10-16-30(6)26(20,3)4/h13-14,19-20H,9-12,15-16H2,1-8H3,(H2,27,33)(H2,28,34). The molecule has 8 heteroatoms. The van der Waals surface area contributed by atoms with E-state index in [4.69, 9.17) is 11.5 Å². The van der Waals surface area contributed by atoms with Gasteiger partial charge in [0.2, 0.25) is 0 Å². The first kappa shape index (κ1) is 26.3. The second-order valence-corrected chi connectivity index (χ2v) is 11.3. The van der Waals surface area contributed by atoms with Crippen molar-refractivity contribution in [1.29, 1.82) is 0 Å². The van der Waals surface area contributed by atoms with Gasteiger partial charge in [-0.25, -0.2) is 0 Å². The number of nitrogens with zero attached hydrogens (tertiary/aromatic N) is 4. The van der Waals surface area contributed by atoms with E-state index >= 15 is 0 Å². The van der Waals surface area contributed by atoms with Crippen LogP contribution in [0.1, 0.15) is 74.1 Å². The predicted molar refractivity (Wildman–Crippen MR) is 140 cm³/mol. The normalized spacial score (nSPS) is 25.1. The Hall–Kier alpha value is -2.32. The molecule has 2 heterocycles. The maximum atomic E-state index is 13.0. The SMILES string of the molecule is CN(c1ccc(C(N)=O)c(N(C)C2CCCN(C)C2(C)C)c1C(N)=O)C1CCCN(C)C1(C)C. The van der Waals surface area contributed by atoms with Crippen LogP contribution in [-0.2, 0) is 0 Å². The fourth-order valence-corrected chi connectivity index (χ4v) is 6.18. The van der Waals surface area contributed by atoms with E-state index in [2.05, 4.69) is 61.4 Å². The van der Waals surface area contributed by atoms with Gasteiger partial charge in [0, 0.05) is 37.3 Å². The molecule has 2 aliphatic heterocycles. The molecule has 0 radical (unpaired) electrons. The Morgan fingerprint density at radius 2 is 1.32 bits per heavy atom. The molecule has 1 aromatic rings. The van der Waals surface area contributed by atoms with Crippen molar-refractivity contribution in [1.82, 2.24) is 9.80 Å². The summed E-state index contributed by atoms with van der Waals surface area (Å²) in [5.41, 5.74) is 13.6. The lowest BCUT2D eigenvalue weighted by Gasteiger charge is -2.52. The van der Waals surface area contributed by atoms with Gasteiger partial charge >= 0.3 is 0 Å². The molecule has 4 N–H and O–H groups in total. The van der Waals surface area contributed by atoms with E-state index < -0.39 is 11.8 Å². The van der Waals surface area contributed by atoms with Gasteiger partial charge in [-0.1, -0.05) is 0 Å². The number of hydrogen-bond donors (Lipinski definition) is 2. The highest BCUT2D eigenvalue weighted by Crippen LogP contribution is 2.41. The Labute approximate surface area is 205 Å². The molecule has 2 atom stereocenters. The number of rotatable bonds is 6. The molecule has 2 unspecified atom stereocenters. The molecule has 2 saturated heterocycles. The molecule has 8 nitrogen and oxygen atoms in total. The fourth-order valence-electron chi connectivity index (χ4n) is 6.18. The molecule has 190 valence electrons. The van der Waals surface area contributed by atoms with E-state index in [1.54, 1.807) is 6.07 Å². The minimum Gasteiger partial charge on any atom is -0.369 e. The Balaban J connectivity index is 2.19. The van der Waals surface area contributed by atoms with Crippen LogP contribution < -0.4 is 21.3 Å². The number of carbonyl (C=O) groups is 2. The number of anilines is 2. The van der Waals surface area contributed by atoms with Gasteiger partial charge in [0.05, 0.1) is 22.5 Å². The largest absolute Gasteiger partial charge is 0.369 e. The van der Waals surface area contributed by atoms with Crippen LogP contribution in [0.2, 0.25) is 0 Å². The maximum Gasteiger partial charge on any atom is 0.252 e. The summed E-state index contributed by atoms with van der Waals surface area (Å²) in [7, 11) is 8.25. The minimum atomic E-state index is -0.557. The van der Waals surface area contributed by atoms with Crippen molar-refractivity contribution in [2.24, 2.45) is 11.5 Å². The summed E-state index contributed by atoms with van der Waals surface area (Å²) in [5, 5.41) is 0. The summed E-state index contributed by atoms with van der Waals surface area (Å²) >= 11 is 0. The first-order valence-corrected chi connectivity index (χ1v) is 12.4.